The zero-order chi connectivity index (χ0) is 19.8. The first-order valence-corrected chi connectivity index (χ1v) is 10.4. The first-order valence-electron chi connectivity index (χ1n) is 10.1. The second-order valence-corrected chi connectivity index (χ2v) is 8.15. The lowest BCUT2D eigenvalue weighted by Crippen LogP contribution is -2.38. The van der Waals surface area contributed by atoms with E-state index in [-0.39, 0.29) is 5.91 Å². The average Bonchev–Trinajstić information content (AvgIpc) is 3.35. The van der Waals surface area contributed by atoms with Gasteiger partial charge in [0.2, 0.25) is 0 Å². The number of benzene rings is 2. The lowest BCUT2D eigenvalue weighted by molar-refractivity contribution is 0.0636. The van der Waals surface area contributed by atoms with E-state index in [9.17, 15) is 4.79 Å². The molecule has 1 saturated heterocycles. The van der Waals surface area contributed by atoms with E-state index in [4.69, 9.17) is 21.3 Å². The van der Waals surface area contributed by atoms with Crippen molar-refractivity contribution in [1.29, 1.82) is 0 Å². The minimum Gasteiger partial charge on any atom is -0.377 e. The van der Waals surface area contributed by atoms with Gasteiger partial charge in [-0.25, -0.2) is 4.98 Å². The number of nitrogens with one attached hydrogen (secondary N) is 1. The highest BCUT2D eigenvalue weighted by atomic mass is 35.5. The van der Waals surface area contributed by atoms with Crippen molar-refractivity contribution in [2.75, 3.05) is 25.0 Å². The van der Waals surface area contributed by atoms with Gasteiger partial charge in [0.05, 0.1) is 23.7 Å². The van der Waals surface area contributed by atoms with Crippen molar-refractivity contribution in [2.45, 2.75) is 32.0 Å². The summed E-state index contributed by atoms with van der Waals surface area (Å²) in [6.45, 7) is 4.64. The second-order valence-electron chi connectivity index (χ2n) is 7.71. The molecule has 29 heavy (non-hydrogen) atoms. The highest BCUT2D eigenvalue weighted by Crippen LogP contribution is 2.25. The van der Waals surface area contributed by atoms with Gasteiger partial charge in [0, 0.05) is 42.5 Å². The molecule has 0 bridgehead atoms. The van der Waals surface area contributed by atoms with Crippen LogP contribution in [-0.4, -0.2) is 46.2 Å². The van der Waals surface area contributed by atoms with Gasteiger partial charge in [0.1, 0.15) is 5.82 Å². The molecule has 7 heteroatoms. The summed E-state index contributed by atoms with van der Waals surface area (Å²) in [5.74, 6) is 0.915. The summed E-state index contributed by atoms with van der Waals surface area (Å²) in [6, 6.07) is 12.8. The molecule has 0 radical (unpaired) electrons. The predicted octanol–water partition coefficient (Wildman–Crippen LogP) is 3.94. The van der Waals surface area contributed by atoms with E-state index in [1.807, 2.05) is 18.2 Å². The minimum atomic E-state index is -0.160. The molecule has 2 aliphatic heterocycles. The Bertz CT molecular complexity index is 1040. The molecule has 5 rings (SSSR count). The molecule has 0 aliphatic carbocycles. The van der Waals surface area contributed by atoms with E-state index >= 15 is 0 Å². The summed E-state index contributed by atoms with van der Waals surface area (Å²) in [5.41, 5.74) is 3.33. The summed E-state index contributed by atoms with van der Waals surface area (Å²) >= 11 is 5.90. The van der Waals surface area contributed by atoms with Gasteiger partial charge in [-0.1, -0.05) is 11.6 Å². The number of anilines is 1. The quantitative estimate of drug-likeness (QED) is 0.707. The normalized spacial score (nSPS) is 19.4. The molecule has 150 valence electrons. The van der Waals surface area contributed by atoms with Crippen LogP contribution in [0, 0.1) is 0 Å². The van der Waals surface area contributed by atoms with Crippen molar-refractivity contribution in [3.05, 3.63) is 58.9 Å². The van der Waals surface area contributed by atoms with Gasteiger partial charge in [0.25, 0.3) is 5.91 Å². The number of amides is 1. The van der Waals surface area contributed by atoms with Crippen molar-refractivity contribution in [3.63, 3.8) is 0 Å². The van der Waals surface area contributed by atoms with Gasteiger partial charge in [-0.3, -0.25) is 9.69 Å². The van der Waals surface area contributed by atoms with Gasteiger partial charge < -0.3 is 14.6 Å². The molecule has 1 amide bonds. The molecule has 6 nitrogen and oxygen atoms in total. The second kappa shape index (κ2) is 7.78. The Hall–Kier alpha value is -2.41. The highest BCUT2D eigenvalue weighted by Gasteiger charge is 2.24. The smallest absolute Gasteiger partial charge is 0.255 e. The van der Waals surface area contributed by atoms with E-state index in [0.717, 1.165) is 61.8 Å². The van der Waals surface area contributed by atoms with Gasteiger partial charge in [-0.05, 0) is 55.3 Å². The number of hydrogen-bond donors (Lipinski definition) is 1. The SMILES string of the molecule is O=C(Nc1ccc2c(c1)nc1n2CCN(CC2CCCO2)C1)c1ccc(Cl)cc1. The summed E-state index contributed by atoms with van der Waals surface area (Å²) in [6.07, 6.45) is 2.69. The van der Waals surface area contributed by atoms with Gasteiger partial charge in [0.15, 0.2) is 0 Å². The van der Waals surface area contributed by atoms with Crippen LogP contribution in [0.2, 0.25) is 5.02 Å². The van der Waals surface area contributed by atoms with Gasteiger partial charge in [-0.2, -0.15) is 0 Å². The van der Waals surface area contributed by atoms with E-state index in [1.165, 1.54) is 6.42 Å². The Balaban J connectivity index is 1.32. The fraction of sp³-hybridized carbons (Fsp3) is 0.364. The summed E-state index contributed by atoms with van der Waals surface area (Å²) in [4.78, 5) is 19.7. The van der Waals surface area contributed by atoms with Crippen LogP contribution in [0.15, 0.2) is 42.5 Å². The number of halogens is 1. The molecule has 0 saturated carbocycles. The fourth-order valence-corrected chi connectivity index (χ4v) is 4.31. The molecule has 2 aromatic carbocycles. The Morgan fingerprint density at radius 2 is 2.07 bits per heavy atom. The number of imidazole rings is 1. The van der Waals surface area contributed by atoms with E-state index in [2.05, 4.69) is 14.8 Å². The third-order valence-electron chi connectivity index (χ3n) is 5.68. The maximum atomic E-state index is 12.5. The molecule has 2 aliphatic rings. The molecule has 1 N–H and O–H groups in total. The summed E-state index contributed by atoms with van der Waals surface area (Å²) in [5, 5.41) is 3.56. The maximum Gasteiger partial charge on any atom is 0.255 e. The topological polar surface area (TPSA) is 59.4 Å². The molecule has 1 unspecified atom stereocenters. The van der Waals surface area contributed by atoms with Crippen molar-refractivity contribution in [2.24, 2.45) is 0 Å². The van der Waals surface area contributed by atoms with Crippen molar-refractivity contribution in [1.82, 2.24) is 14.5 Å². The average molecular weight is 411 g/mol. The zero-order valence-electron chi connectivity index (χ0n) is 16.1. The molecule has 1 atom stereocenters. The van der Waals surface area contributed by atoms with Crippen LogP contribution in [0.4, 0.5) is 5.69 Å². The summed E-state index contributed by atoms with van der Waals surface area (Å²) in [7, 11) is 0. The molecule has 3 heterocycles. The number of hydrogen-bond acceptors (Lipinski definition) is 4. The van der Waals surface area contributed by atoms with Crippen LogP contribution in [0.25, 0.3) is 11.0 Å². The number of rotatable bonds is 4. The number of aromatic nitrogens is 2. The number of fused-ring (bicyclic) bond motifs is 3. The van der Waals surface area contributed by atoms with E-state index < -0.39 is 0 Å². The third kappa shape index (κ3) is 3.88. The third-order valence-corrected chi connectivity index (χ3v) is 5.93. The Morgan fingerprint density at radius 3 is 2.86 bits per heavy atom. The molecule has 1 aromatic heterocycles. The molecule has 1 fully saturated rings. The molecular weight excluding hydrogens is 388 g/mol. The number of nitrogens with zero attached hydrogens (tertiary/aromatic N) is 3. The Labute approximate surface area is 174 Å². The molecular formula is C22H23ClN4O2. The van der Waals surface area contributed by atoms with Crippen molar-refractivity contribution < 1.29 is 9.53 Å². The van der Waals surface area contributed by atoms with Crippen LogP contribution in [-0.2, 0) is 17.8 Å². The van der Waals surface area contributed by atoms with E-state index in [1.54, 1.807) is 24.3 Å². The molecule has 3 aromatic rings. The number of carbonyl (C=O) groups is 1. The van der Waals surface area contributed by atoms with Crippen molar-refractivity contribution >= 4 is 34.2 Å². The standard InChI is InChI=1S/C22H23ClN4O2/c23-16-5-3-15(4-6-16)22(28)24-17-7-8-20-19(12-17)25-21-14-26(9-10-27(20)21)13-18-2-1-11-29-18/h3-8,12,18H,1-2,9-11,13-14H2,(H,24,28). The number of carbonyl (C=O) groups excluding carboxylic acids is 1. The first-order chi connectivity index (χ1) is 14.2. The minimum absolute atomic E-state index is 0.160. The lowest BCUT2D eigenvalue weighted by Gasteiger charge is -2.29. The summed E-state index contributed by atoms with van der Waals surface area (Å²) < 4.78 is 8.07. The van der Waals surface area contributed by atoms with Gasteiger partial charge >= 0.3 is 0 Å². The van der Waals surface area contributed by atoms with Crippen LogP contribution in [0.1, 0.15) is 29.0 Å². The largest absolute Gasteiger partial charge is 0.377 e. The Kier molecular flexibility index (Phi) is 4.99. The van der Waals surface area contributed by atoms with Crippen LogP contribution >= 0.6 is 11.6 Å². The zero-order valence-corrected chi connectivity index (χ0v) is 16.9. The number of ether oxygens (including phenoxy) is 1. The molecule has 0 spiro atoms. The van der Waals surface area contributed by atoms with Gasteiger partial charge in [-0.15, -0.1) is 0 Å². The predicted molar refractivity (Wildman–Crippen MR) is 113 cm³/mol. The highest BCUT2D eigenvalue weighted by molar-refractivity contribution is 6.30. The Morgan fingerprint density at radius 1 is 1.21 bits per heavy atom. The first kappa shape index (κ1) is 18.6. The van der Waals surface area contributed by atoms with Crippen LogP contribution in [0.5, 0.6) is 0 Å². The maximum absolute atomic E-state index is 12.5. The van der Waals surface area contributed by atoms with Crippen LogP contribution < -0.4 is 5.32 Å². The lowest BCUT2D eigenvalue weighted by atomic mass is 10.2. The van der Waals surface area contributed by atoms with E-state index in [0.29, 0.717) is 16.7 Å². The van der Waals surface area contributed by atoms with Crippen LogP contribution in [0.3, 0.4) is 0 Å². The van der Waals surface area contributed by atoms with Crippen molar-refractivity contribution in [3.8, 4) is 0 Å². The fourth-order valence-electron chi connectivity index (χ4n) is 4.18. The monoisotopic (exact) mass is 410 g/mol.